The van der Waals surface area contributed by atoms with E-state index in [1.165, 1.54) is 0 Å². The molecule has 1 aliphatic rings. The van der Waals surface area contributed by atoms with Crippen LogP contribution in [0.5, 0.6) is 0 Å². The van der Waals surface area contributed by atoms with Crippen molar-refractivity contribution >= 4 is 6.29 Å². The van der Waals surface area contributed by atoms with E-state index in [0.717, 1.165) is 6.29 Å². The van der Waals surface area contributed by atoms with Crippen LogP contribution in [0.4, 0.5) is 0 Å². The fourth-order valence-electron chi connectivity index (χ4n) is 0.875. The van der Waals surface area contributed by atoms with Crippen LogP contribution in [0, 0.1) is 5.41 Å². The van der Waals surface area contributed by atoms with Gasteiger partial charge in [-0.1, -0.05) is 6.08 Å². The van der Waals surface area contributed by atoms with Gasteiger partial charge in [-0.3, -0.25) is 4.79 Å². The first kappa shape index (κ1) is 7.06. The monoisotopic (exact) mass is 138 g/mol. The lowest BCUT2D eigenvalue weighted by Gasteiger charge is -2.19. The third-order valence-corrected chi connectivity index (χ3v) is 1.83. The van der Waals surface area contributed by atoms with Crippen LogP contribution in [0.25, 0.3) is 0 Å². The summed E-state index contributed by atoms with van der Waals surface area (Å²) in [5.41, 5.74) is -0.304. The highest BCUT2D eigenvalue weighted by molar-refractivity contribution is 5.60. The smallest absolute Gasteiger partial charge is 0.165 e. The second-order valence-electron chi connectivity index (χ2n) is 2.57. The van der Waals surface area contributed by atoms with E-state index in [0.29, 0.717) is 0 Å². The summed E-state index contributed by atoms with van der Waals surface area (Å²) in [4.78, 5) is 10.4. The number of carbonyl (C=O) groups is 1. The van der Waals surface area contributed by atoms with Crippen LogP contribution in [-0.4, -0.2) is 12.4 Å². The van der Waals surface area contributed by atoms with Crippen molar-refractivity contribution in [3.8, 4) is 0 Å². The number of aldehydes is 1. The maximum absolute atomic E-state index is 10.4. The van der Waals surface area contributed by atoms with Crippen molar-refractivity contribution in [3.63, 3.8) is 0 Å². The largest absolute Gasteiger partial charge is 0.490 e. The molecule has 2 atom stereocenters. The van der Waals surface area contributed by atoms with Gasteiger partial charge in [0.15, 0.2) is 12.4 Å². The molecule has 2 nitrogen and oxygen atoms in total. The Morgan fingerprint density at radius 3 is 2.90 bits per heavy atom. The van der Waals surface area contributed by atoms with Crippen LogP contribution < -0.4 is 0 Å². The van der Waals surface area contributed by atoms with Crippen molar-refractivity contribution in [2.75, 3.05) is 0 Å². The summed E-state index contributed by atoms with van der Waals surface area (Å²) in [6.45, 7) is 5.53. The van der Waals surface area contributed by atoms with Gasteiger partial charge in [-0.15, -0.1) is 6.58 Å². The van der Waals surface area contributed by atoms with Crippen LogP contribution in [0.2, 0.25) is 0 Å². The van der Waals surface area contributed by atoms with Crippen LogP contribution >= 0.6 is 0 Å². The third kappa shape index (κ3) is 0.856. The molecule has 0 radical (unpaired) electrons. The van der Waals surface area contributed by atoms with Crippen LogP contribution in [0.3, 0.4) is 0 Å². The Bertz CT molecular complexity index is 184. The number of carbonyl (C=O) groups excluding carboxylic acids is 1. The molecule has 0 N–H and O–H groups in total. The van der Waals surface area contributed by atoms with E-state index in [2.05, 4.69) is 6.58 Å². The van der Waals surface area contributed by atoms with Gasteiger partial charge in [0.2, 0.25) is 0 Å². The molecule has 0 saturated heterocycles. The zero-order valence-corrected chi connectivity index (χ0v) is 5.91. The Labute approximate surface area is 60.2 Å². The molecule has 0 aliphatic carbocycles. The minimum absolute atomic E-state index is 0.304. The van der Waals surface area contributed by atoms with Crippen LogP contribution in [-0.2, 0) is 9.53 Å². The summed E-state index contributed by atoms with van der Waals surface area (Å²) in [5, 5.41) is 0. The zero-order valence-electron chi connectivity index (χ0n) is 5.91. The zero-order chi connectivity index (χ0) is 7.61. The van der Waals surface area contributed by atoms with Crippen LogP contribution in [0.15, 0.2) is 25.0 Å². The summed E-state index contributed by atoms with van der Waals surface area (Å²) in [6, 6.07) is 0. The van der Waals surface area contributed by atoms with Crippen molar-refractivity contribution in [2.24, 2.45) is 5.41 Å². The highest BCUT2D eigenvalue weighted by atomic mass is 16.5. The van der Waals surface area contributed by atoms with Gasteiger partial charge in [0.25, 0.3) is 0 Å². The van der Waals surface area contributed by atoms with Gasteiger partial charge < -0.3 is 4.74 Å². The topological polar surface area (TPSA) is 26.3 Å². The molecule has 2 heteroatoms. The van der Waals surface area contributed by atoms with Crippen molar-refractivity contribution < 1.29 is 9.53 Å². The molecule has 0 aromatic rings. The number of ether oxygens (including phenoxy) is 1. The Morgan fingerprint density at radius 1 is 1.80 bits per heavy atom. The van der Waals surface area contributed by atoms with Gasteiger partial charge in [-0.25, -0.2) is 0 Å². The van der Waals surface area contributed by atoms with Gasteiger partial charge in [-0.2, -0.15) is 0 Å². The molecule has 1 aliphatic heterocycles. The number of rotatable bonds is 2. The fourth-order valence-corrected chi connectivity index (χ4v) is 0.875. The van der Waals surface area contributed by atoms with Gasteiger partial charge in [0, 0.05) is 0 Å². The lowest BCUT2D eigenvalue weighted by Crippen LogP contribution is -2.26. The van der Waals surface area contributed by atoms with E-state index in [1.807, 2.05) is 13.0 Å². The standard InChI is InChI=1S/C8H10O2/c1-3-8(2)4-5-10-7(8)6-9/h3-7H,1H2,2H3. The van der Waals surface area contributed by atoms with Crippen molar-refractivity contribution in [2.45, 2.75) is 13.0 Å². The maximum Gasteiger partial charge on any atom is 0.165 e. The quantitative estimate of drug-likeness (QED) is 0.424. The first-order valence-corrected chi connectivity index (χ1v) is 3.15. The molecular formula is C8H10O2. The van der Waals surface area contributed by atoms with Crippen molar-refractivity contribution in [3.05, 3.63) is 25.0 Å². The average molecular weight is 138 g/mol. The average Bonchev–Trinajstić information content (AvgIpc) is 2.32. The Balaban J connectivity index is 2.82. The van der Waals surface area contributed by atoms with E-state index in [1.54, 1.807) is 12.3 Å². The highest BCUT2D eigenvalue weighted by Crippen LogP contribution is 2.30. The van der Waals surface area contributed by atoms with E-state index < -0.39 is 0 Å². The summed E-state index contributed by atoms with van der Waals surface area (Å²) in [5.74, 6) is 0. The summed E-state index contributed by atoms with van der Waals surface area (Å²) in [7, 11) is 0. The first-order valence-electron chi connectivity index (χ1n) is 3.15. The second-order valence-corrected chi connectivity index (χ2v) is 2.57. The molecule has 0 saturated carbocycles. The summed E-state index contributed by atoms with van der Waals surface area (Å²) < 4.78 is 4.99. The minimum Gasteiger partial charge on any atom is -0.490 e. The molecule has 0 spiro atoms. The first-order chi connectivity index (χ1) is 4.73. The molecule has 1 heterocycles. The molecule has 0 aromatic heterocycles. The Morgan fingerprint density at radius 2 is 2.50 bits per heavy atom. The highest BCUT2D eigenvalue weighted by Gasteiger charge is 2.33. The normalized spacial score (nSPS) is 37.1. The molecule has 10 heavy (non-hydrogen) atoms. The predicted octanol–water partition coefficient (Wildman–Crippen LogP) is 1.29. The summed E-state index contributed by atoms with van der Waals surface area (Å²) in [6.07, 6.45) is 5.50. The van der Waals surface area contributed by atoms with Crippen molar-refractivity contribution in [1.82, 2.24) is 0 Å². The van der Waals surface area contributed by atoms with Crippen LogP contribution in [0.1, 0.15) is 6.92 Å². The van der Waals surface area contributed by atoms with E-state index >= 15 is 0 Å². The van der Waals surface area contributed by atoms with E-state index in [9.17, 15) is 4.79 Å². The molecule has 0 aromatic carbocycles. The SMILES string of the molecule is C=CC1(C)C=COC1C=O. The lowest BCUT2D eigenvalue weighted by molar-refractivity contribution is -0.116. The van der Waals surface area contributed by atoms with Gasteiger partial charge >= 0.3 is 0 Å². The van der Waals surface area contributed by atoms with E-state index in [-0.39, 0.29) is 11.5 Å². The van der Waals surface area contributed by atoms with Gasteiger partial charge in [0.05, 0.1) is 11.7 Å². The molecule has 0 amide bonds. The van der Waals surface area contributed by atoms with Gasteiger partial charge in [-0.05, 0) is 13.0 Å². The Kier molecular flexibility index (Phi) is 1.62. The maximum atomic E-state index is 10.4. The third-order valence-electron chi connectivity index (χ3n) is 1.83. The second kappa shape index (κ2) is 2.29. The molecule has 0 bridgehead atoms. The predicted molar refractivity (Wildman–Crippen MR) is 38.4 cm³/mol. The lowest BCUT2D eigenvalue weighted by atomic mass is 9.86. The molecule has 1 rings (SSSR count). The molecule has 54 valence electrons. The summed E-state index contributed by atoms with van der Waals surface area (Å²) >= 11 is 0. The van der Waals surface area contributed by atoms with E-state index in [4.69, 9.17) is 4.74 Å². The van der Waals surface area contributed by atoms with Gasteiger partial charge in [0.1, 0.15) is 0 Å². The molecule has 0 fully saturated rings. The van der Waals surface area contributed by atoms with Crippen molar-refractivity contribution in [1.29, 1.82) is 0 Å². The Hall–Kier alpha value is -1.05. The number of hydrogen-bond donors (Lipinski definition) is 0. The number of hydrogen-bond acceptors (Lipinski definition) is 2. The minimum atomic E-state index is -0.384. The fraction of sp³-hybridized carbons (Fsp3) is 0.375. The molecule has 2 unspecified atom stereocenters. The molecular weight excluding hydrogens is 128 g/mol.